The van der Waals surface area contributed by atoms with E-state index in [1.165, 1.54) is 6.20 Å². The number of aliphatic hydroxyl groups excluding tert-OH is 2. The summed E-state index contributed by atoms with van der Waals surface area (Å²) in [6.07, 6.45) is 4.61. The molecular formula is C34H35ClN4O5. The molecule has 3 heterocycles. The van der Waals surface area contributed by atoms with Crippen LogP contribution in [-0.4, -0.2) is 57.4 Å². The fraction of sp³-hybridized carbons (Fsp3) is 0.324. The number of hydrogen-bond donors (Lipinski definition) is 2. The maximum atomic E-state index is 9.87. The van der Waals surface area contributed by atoms with Crippen LogP contribution in [0.15, 0.2) is 67.0 Å². The quantitative estimate of drug-likeness (QED) is 0.189. The summed E-state index contributed by atoms with van der Waals surface area (Å²) in [6, 6.07) is 18.8. The van der Waals surface area contributed by atoms with Gasteiger partial charge in [0.15, 0.2) is 0 Å². The molecule has 0 spiro atoms. The summed E-state index contributed by atoms with van der Waals surface area (Å²) in [6.45, 7) is 5.31. The summed E-state index contributed by atoms with van der Waals surface area (Å²) in [4.78, 5) is 11.1. The molecule has 1 atom stereocenters. The highest BCUT2D eigenvalue weighted by Crippen LogP contribution is 2.35. The minimum atomic E-state index is -0.259. The Hall–Kier alpha value is -4.20. The fourth-order valence-corrected chi connectivity index (χ4v) is 5.37. The zero-order valence-electron chi connectivity index (χ0n) is 24.6. The summed E-state index contributed by atoms with van der Waals surface area (Å²) in [5.41, 5.74) is 5.45. The van der Waals surface area contributed by atoms with E-state index in [9.17, 15) is 10.2 Å². The first kappa shape index (κ1) is 31.2. The Balaban J connectivity index is 1.23. The third-order valence-corrected chi connectivity index (χ3v) is 7.84. The van der Waals surface area contributed by atoms with Crippen LogP contribution in [0.25, 0.3) is 11.3 Å². The van der Waals surface area contributed by atoms with Gasteiger partial charge < -0.3 is 29.3 Å². The third-order valence-electron chi connectivity index (χ3n) is 7.55. The number of β-amino-alcohol motifs (C(OH)–C–C–N with tert-alkyl or cyclic N) is 1. The number of hydrogen-bond acceptors (Lipinski definition) is 9. The topological polar surface area (TPSA) is 121 Å². The second-order valence-electron chi connectivity index (χ2n) is 10.7. The van der Waals surface area contributed by atoms with E-state index in [1.54, 1.807) is 24.4 Å². The predicted octanol–water partition coefficient (Wildman–Crippen LogP) is 5.46. The summed E-state index contributed by atoms with van der Waals surface area (Å²) in [7, 11) is 0. The molecule has 1 saturated heterocycles. The molecule has 1 aliphatic rings. The Labute approximate surface area is 262 Å². The summed E-state index contributed by atoms with van der Waals surface area (Å²) in [5.74, 6) is 1.42. The van der Waals surface area contributed by atoms with Crippen LogP contribution >= 0.6 is 11.6 Å². The molecule has 2 aromatic heterocycles. The first-order valence-corrected chi connectivity index (χ1v) is 14.9. The molecule has 2 aromatic carbocycles. The molecule has 5 rings (SSSR count). The highest BCUT2D eigenvalue weighted by molar-refractivity contribution is 6.32. The number of aliphatic hydroxyl groups is 2. The standard InChI is InChI=1S/C34H35ClN4O5/c1-23-26(5-2-6-29(23)31-7-3-8-34(38-31)42-12-4-10-39-11-9-28(41)19-39)22-44-33-15-32(27(20-40)14-30(33)35)43-21-25-13-24(16-36)17-37-18-25/h2-3,5-8,13-15,17-18,28,40-41H,4,9-12,19-22H2,1H3/t28-/m0/s1. The lowest BCUT2D eigenvalue weighted by atomic mass is 10.00. The van der Waals surface area contributed by atoms with E-state index in [0.29, 0.717) is 40.1 Å². The SMILES string of the molecule is Cc1c(COc2cc(OCc3cncc(C#N)c3)c(CO)cc2Cl)cccc1-c1cccc(OCCCN2CC[C@H](O)C2)n1. The lowest BCUT2D eigenvalue weighted by Gasteiger charge is -2.16. The van der Waals surface area contributed by atoms with Crippen molar-refractivity contribution in [1.82, 2.24) is 14.9 Å². The number of aromatic nitrogens is 2. The number of nitrogens with zero attached hydrogens (tertiary/aromatic N) is 4. The highest BCUT2D eigenvalue weighted by atomic mass is 35.5. The van der Waals surface area contributed by atoms with Gasteiger partial charge in [0.25, 0.3) is 0 Å². The average molecular weight is 615 g/mol. The maximum absolute atomic E-state index is 9.87. The van der Waals surface area contributed by atoms with Crippen molar-refractivity contribution in [2.45, 2.75) is 45.7 Å². The van der Waals surface area contributed by atoms with Gasteiger partial charge in [-0.3, -0.25) is 4.98 Å². The van der Waals surface area contributed by atoms with Crippen LogP contribution in [-0.2, 0) is 19.8 Å². The number of benzene rings is 2. The smallest absolute Gasteiger partial charge is 0.213 e. The number of rotatable bonds is 13. The van der Waals surface area contributed by atoms with Crippen molar-refractivity contribution >= 4 is 11.6 Å². The molecule has 0 bridgehead atoms. The van der Waals surface area contributed by atoms with E-state index in [1.807, 2.05) is 43.3 Å². The van der Waals surface area contributed by atoms with Gasteiger partial charge in [0.05, 0.1) is 35.6 Å². The minimum Gasteiger partial charge on any atom is -0.488 e. The number of nitriles is 1. The monoisotopic (exact) mass is 614 g/mol. The van der Waals surface area contributed by atoms with Crippen LogP contribution < -0.4 is 14.2 Å². The molecule has 4 aromatic rings. The molecule has 1 fully saturated rings. The third kappa shape index (κ3) is 8.04. The minimum absolute atomic E-state index is 0.163. The number of likely N-dealkylation sites (tertiary alicyclic amines) is 1. The van der Waals surface area contributed by atoms with Crippen molar-refractivity contribution in [2.75, 3.05) is 26.2 Å². The van der Waals surface area contributed by atoms with Crippen LogP contribution in [0.5, 0.6) is 17.4 Å². The van der Waals surface area contributed by atoms with Gasteiger partial charge in [0, 0.05) is 60.9 Å². The highest BCUT2D eigenvalue weighted by Gasteiger charge is 2.19. The van der Waals surface area contributed by atoms with Crippen molar-refractivity contribution in [1.29, 1.82) is 5.26 Å². The molecule has 10 heteroatoms. The van der Waals surface area contributed by atoms with Crippen LogP contribution in [0.4, 0.5) is 0 Å². The second kappa shape index (κ2) is 15.0. The Morgan fingerprint density at radius 3 is 2.66 bits per heavy atom. The Bertz CT molecular complexity index is 1630. The zero-order chi connectivity index (χ0) is 30.9. The Kier molecular flexibility index (Phi) is 10.6. The number of pyridine rings is 2. The molecule has 44 heavy (non-hydrogen) atoms. The van der Waals surface area contributed by atoms with Crippen molar-refractivity contribution in [2.24, 2.45) is 0 Å². The first-order valence-electron chi connectivity index (χ1n) is 14.6. The average Bonchev–Trinajstić information content (AvgIpc) is 3.47. The van der Waals surface area contributed by atoms with Crippen LogP contribution in [0.3, 0.4) is 0 Å². The van der Waals surface area contributed by atoms with Gasteiger partial charge in [-0.25, -0.2) is 4.98 Å². The number of halogens is 1. The molecule has 1 aliphatic heterocycles. The normalized spacial score (nSPS) is 14.8. The van der Waals surface area contributed by atoms with E-state index in [0.717, 1.165) is 60.4 Å². The maximum Gasteiger partial charge on any atom is 0.213 e. The molecular weight excluding hydrogens is 580 g/mol. The Morgan fingerprint density at radius 2 is 1.86 bits per heavy atom. The van der Waals surface area contributed by atoms with Gasteiger partial charge in [-0.05, 0) is 49.1 Å². The summed E-state index contributed by atoms with van der Waals surface area (Å²) in [5, 5.41) is 29.1. The Morgan fingerprint density at radius 1 is 1.02 bits per heavy atom. The van der Waals surface area contributed by atoms with Crippen LogP contribution in [0.2, 0.25) is 5.02 Å². The lowest BCUT2D eigenvalue weighted by Crippen LogP contribution is -2.24. The zero-order valence-corrected chi connectivity index (χ0v) is 25.3. The van der Waals surface area contributed by atoms with E-state index < -0.39 is 0 Å². The summed E-state index contributed by atoms with van der Waals surface area (Å²) >= 11 is 6.51. The second-order valence-corrected chi connectivity index (χ2v) is 11.1. The molecule has 0 aliphatic carbocycles. The first-order chi connectivity index (χ1) is 21.4. The van der Waals surface area contributed by atoms with Crippen molar-refractivity contribution < 1.29 is 24.4 Å². The molecule has 0 saturated carbocycles. The molecule has 0 amide bonds. The molecule has 2 N–H and O–H groups in total. The van der Waals surface area contributed by atoms with Crippen molar-refractivity contribution in [3.63, 3.8) is 0 Å². The van der Waals surface area contributed by atoms with Crippen LogP contribution in [0, 0.1) is 18.3 Å². The molecule has 9 nitrogen and oxygen atoms in total. The summed E-state index contributed by atoms with van der Waals surface area (Å²) < 4.78 is 18.1. The van der Waals surface area contributed by atoms with Crippen molar-refractivity contribution in [3.05, 3.63) is 99.8 Å². The van der Waals surface area contributed by atoms with Gasteiger partial charge in [0.1, 0.15) is 30.8 Å². The van der Waals surface area contributed by atoms with Gasteiger partial charge >= 0.3 is 0 Å². The molecule has 0 radical (unpaired) electrons. The van der Waals surface area contributed by atoms with E-state index >= 15 is 0 Å². The van der Waals surface area contributed by atoms with Gasteiger partial charge in [-0.1, -0.05) is 35.9 Å². The largest absolute Gasteiger partial charge is 0.488 e. The fourth-order valence-electron chi connectivity index (χ4n) is 5.13. The van der Waals surface area contributed by atoms with E-state index in [2.05, 4.69) is 16.0 Å². The van der Waals surface area contributed by atoms with E-state index in [-0.39, 0.29) is 25.9 Å². The van der Waals surface area contributed by atoms with Crippen LogP contribution in [0.1, 0.15) is 40.7 Å². The van der Waals surface area contributed by atoms with Gasteiger partial charge in [-0.15, -0.1) is 0 Å². The van der Waals surface area contributed by atoms with Crippen molar-refractivity contribution in [3.8, 4) is 34.7 Å². The predicted molar refractivity (Wildman–Crippen MR) is 167 cm³/mol. The molecule has 228 valence electrons. The molecule has 0 unspecified atom stereocenters. The van der Waals surface area contributed by atoms with Gasteiger partial charge in [-0.2, -0.15) is 5.26 Å². The number of ether oxygens (including phenoxy) is 3. The van der Waals surface area contributed by atoms with E-state index in [4.69, 9.17) is 36.1 Å². The van der Waals surface area contributed by atoms with Gasteiger partial charge in [0.2, 0.25) is 5.88 Å². The lowest BCUT2D eigenvalue weighted by molar-refractivity contribution is 0.172.